The predicted molar refractivity (Wildman–Crippen MR) is 95.3 cm³/mol. The zero-order chi connectivity index (χ0) is 16.8. The van der Waals surface area contributed by atoms with Crippen LogP contribution >= 0.6 is 11.3 Å². The van der Waals surface area contributed by atoms with Gasteiger partial charge in [-0.25, -0.2) is 4.98 Å². The first-order chi connectivity index (χ1) is 11.7. The highest BCUT2D eigenvalue weighted by atomic mass is 32.1. The third-order valence-corrected chi connectivity index (χ3v) is 4.05. The maximum Gasteiger partial charge on any atom is 0.229 e. The second-order valence-corrected chi connectivity index (χ2v) is 6.07. The number of aryl methyl sites for hydroxylation is 1. The van der Waals surface area contributed by atoms with Gasteiger partial charge in [0.05, 0.1) is 18.7 Å². The fourth-order valence-corrected chi connectivity index (χ4v) is 2.76. The molecule has 0 saturated heterocycles. The Kier molecular flexibility index (Phi) is 5.18. The van der Waals surface area contributed by atoms with Gasteiger partial charge >= 0.3 is 0 Å². The zero-order valence-electron chi connectivity index (χ0n) is 13.2. The largest absolute Gasteiger partial charge is 0.493 e. The van der Waals surface area contributed by atoms with E-state index in [4.69, 9.17) is 4.74 Å². The SMILES string of the molecule is Cc1ccc(OCCC(=O)Nc2nc(-c3ccccn3)cs2)cc1. The van der Waals surface area contributed by atoms with Crippen molar-refractivity contribution in [3.8, 4) is 17.1 Å². The van der Waals surface area contributed by atoms with Crippen LogP contribution in [0.1, 0.15) is 12.0 Å². The molecule has 3 aromatic rings. The number of hydrogen-bond donors (Lipinski definition) is 1. The number of anilines is 1. The van der Waals surface area contributed by atoms with Crippen molar-refractivity contribution in [3.05, 3.63) is 59.6 Å². The van der Waals surface area contributed by atoms with Crippen molar-refractivity contribution >= 4 is 22.4 Å². The van der Waals surface area contributed by atoms with Crippen molar-refractivity contribution in [2.24, 2.45) is 0 Å². The fourth-order valence-electron chi connectivity index (χ4n) is 2.04. The standard InChI is InChI=1S/C18H17N3O2S/c1-13-5-7-14(8-6-13)23-11-9-17(22)21-18-20-16(12-24-18)15-4-2-3-10-19-15/h2-8,10,12H,9,11H2,1H3,(H,20,21,22). The first kappa shape index (κ1) is 16.1. The van der Waals surface area contributed by atoms with Crippen LogP contribution in [0.2, 0.25) is 0 Å². The molecule has 5 nitrogen and oxygen atoms in total. The highest BCUT2D eigenvalue weighted by molar-refractivity contribution is 7.14. The Bertz CT molecular complexity index is 801. The third kappa shape index (κ3) is 4.39. The number of rotatable bonds is 6. The van der Waals surface area contributed by atoms with Crippen LogP contribution in [0.5, 0.6) is 5.75 Å². The molecule has 0 fully saturated rings. The summed E-state index contributed by atoms with van der Waals surface area (Å²) < 4.78 is 5.56. The van der Waals surface area contributed by atoms with Gasteiger partial charge in [-0.2, -0.15) is 0 Å². The van der Waals surface area contributed by atoms with E-state index in [9.17, 15) is 4.79 Å². The summed E-state index contributed by atoms with van der Waals surface area (Å²) in [4.78, 5) is 20.6. The Hall–Kier alpha value is -2.73. The van der Waals surface area contributed by atoms with Crippen molar-refractivity contribution < 1.29 is 9.53 Å². The quantitative estimate of drug-likeness (QED) is 0.739. The van der Waals surface area contributed by atoms with Crippen LogP contribution < -0.4 is 10.1 Å². The fraction of sp³-hybridized carbons (Fsp3) is 0.167. The molecule has 24 heavy (non-hydrogen) atoms. The van der Waals surface area contributed by atoms with Crippen molar-refractivity contribution in [2.75, 3.05) is 11.9 Å². The predicted octanol–water partition coefficient (Wildman–Crippen LogP) is 3.92. The molecule has 0 saturated carbocycles. The van der Waals surface area contributed by atoms with E-state index in [-0.39, 0.29) is 12.3 Å². The Morgan fingerprint density at radius 1 is 1.17 bits per heavy atom. The monoisotopic (exact) mass is 339 g/mol. The molecule has 0 unspecified atom stereocenters. The molecule has 0 atom stereocenters. The molecule has 1 aromatic carbocycles. The first-order valence-corrected chi connectivity index (χ1v) is 8.45. The van der Waals surface area contributed by atoms with Gasteiger partial charge in [-0.05, 0) is 31.2 Å². The highest BCUT2D eigenvalue weighted by Crippen LogP contribution is 2.23. The van der Waals surface area contributed by atoms with Crippen LogP contribution in [-0.2, 0) is 4.79 Å². The van der Waals surface area contributed by atoms with Crippen molar-refractivity contribution in [3.63, 3.8) is 0 Å². The number of carbonyl (C=O) groups is 1. The van der Waals surface area contributed by atoms with E-state index < -0.39 is 0 Å². The molecule has 0 spiro atoms. The molecule has 2 heterocycles. The van der Waals surface area contributed by atoms with Crippen LogP contribution in [0.4, 0.5) is 5.13 Å². The summed E-state index contributed by atoms with van der Waals surface area (Å²) in [6.45, 7) is 2.35. The van der Waals surface area contributed by atoms with Gasteiger partial charge in [0.2, 0.25) is 5.91 Å². The van der Waals surface area contributed by atoms with Gasteiger partial charge in [-0.3, -0.25) is 9.78 Å². The summed E-state index contributed by atoms with van der Waals surface area (Å²) >= 11 is 1.38. The Morgan fingerprint density at radius 3 is 2.75 bits per heavy atom. The normalized spacial score (nSPS) is 10.4. The average Bonchev–Trinajstić information content (AvgIpc) is 3.06. The van der Waals surface area contributed by atoms with Gasteiger partial charge in [0, 0.05) is 11.6 Å². The first-order valence-electron chi connectivity index (χ1n) is 7.57. The topological polar surface area (TPSA) is 64.1 Å². The number of benzene rings is 1. The lowest BCUT2D eigenvalue weighted by molar-refractivity contribution is -0.116. The molecule has 122 valence electrons. The summed E-state index contributed by atoms with van der Waals surface area (Å²) in [6, 6.07) is 13.4. The van der Waals surface area contributed by atoms with Crippen molar-refractivity contribution in [1.82, 2.24) is 9.97 Å². The smallest absolute Gasteiger partial charge is 0.229 e. The van der Waals surface area contributed by atoms with Crippen molar-refractivity contribution in [2.45, 2.75) is 13.3 Å². The number of amides is 1. The van der Waals surface area contributed by atoms with Crippen LogP contribution in [0.3, 0.4) is 0 Å². The molecule has 6 heteroatoms. The van der Waals surface area contributed by atoms with E-state index in [1.54, 1.807) is 6.20 Å². The number of thiazole rings is 1. The molecule has 0 bridgehead atoms. The molecule has 0 aliphatic heterocycles. The molecular weight excluding hydrogens is 322 g/mol. The average molecular weight is 339 g/mol. The van der Waals surface area contributed by atoms with E-state index in [0.29, 0.717) is 11.7 Å². The molecule has 1 N–H and O–H groups in total. The maximum absolute atomic E-state index is 12.0. The minimum Gasteiger partial charge on any atom is -0.493 e. The highest BCUT2D eigenvalue weighted by Gasteiger charge is 2.08. The number of hydrogen-bond acceptors (Lipinski definition) is 5. The van der Waals surface area contributed by atoms with E-state index in [0.717, 1.165) is 17.1 Å². The van der Waals surface area contributed by atoms with Gasteiger partial charge < -0.3 is 10.1 Å². The zero-order valence-corrected chi connectivity index (χ0v) is 14.0. The van der Waals surface area contributed by atoms with Gasteiger partial charge in [-0.1, -0.05) is 23.8 Å². The minimum absolute atomic E-state index is 0.121. The van der Waals surface area contributed by atoms with E-state index in [1.165, 1.54) is 16.9 Å². The molecule has 0 radical (unpaired) electrons. The molecule has 1 amide bonds. The number of carbonyl (C=O) groups excluding carboxylic acids is 1. The van der Waals surface area contributed by atoms with E-state index in [2.05, 4.69) is 15.3 Å². The van der Waals surface area contributed by atoms with Crippen LogP contribution in [0.25, 0.3) is 11.4 Å². The van der Waals surface area contributed by atoms with Crippen molar-refractivity contribution in [1.29, 1.82) is 0 Å². The van der Waals surface area contributed by atoms with Gasteiger partial charge in [0.25, 0.3) is 0 Å². The third-order valence-electron chi connectivity index (χ3n) is 3.30. The summed E-state index contributed by atoms with van der Waals surface area (Å²) in [6.07, 6.45) is 1.99. The van der Waals surface area contributed by atoms with Gasteiger partial charge in [-0.15, -0.1) is 11.3 Å². The number of nitrogens with one attached hydrogen (secondary N) is 1. The maximum atomic E-state index is 12.0. The molecule has 2 aromatic heterocycles. The lowest BCUT2D eigenvalue weighted by Crippen LogP contribution is -2.15. The summed E-state index contributed by atoms with van der Waals surface area (Å²) in [5.41, 5.74) is 2.72. The van der Waals surface area contributed by atoms with Gasteiger partial charge in [0.15, 0.2) is 5.13 Å². The molecule has 3 rings (SSSR count). The Balaban J connectivity index is 1.48. The number of nitrogens with zero attached hydrogens (tertiary/aromatic N) is 2. The Labute approximate surface area is 144 Å². The molecule has 0 aliphatic carbocycles. The molecular formula is C18H17N3O2S. The van der Waals surface area contributed by atoms with Gasteiger partial charge in [0.1, 0.15) is 11.4 Å². The summed E-state index contributed by atoms with van der Waals surface area (Å²) in [7, 11) is 0. The Morgan fingerprint density at radius 2 is 2.00 bits per heavy atom. The minimum atomic E-state index is -0.121. The second kappa shape index (κ2) is 7.70. The van der Waals surface area contributed by atoms with Crippen LogP contribution in [0.15, 0.2) is 54.0 Å². The number of aromatic nitrogens is 2. The van der Waals surface area contributed by atoms with Crippen LogP contribution in [-0.4, -0.2) is 22.5 Å². The van der Waals surface area contributed by atoms with E-state index >= 15 is 0 Å². The second-order valence-electron chi connectivity index (χ2n) is 5.21. The van der Waals surface area contributed by atoms with Crippen LogP contribution in [0, 0.1) is 6.92 Å². The lowest BCUT2D eigenvalue weighted by atomic mass is 10.2. The summed E-state index contributed by atoms with van der Waals surface area (Å²) in [5, 5.41) is 5.23. The van der Waals surface area contributed by atoms with E-state index in [1.807, 2.05) is 54.8 Å². The summed E-state index contributed by atoms with van der Waals surface area (Å²) in [5.74, 6) is 0.643. The number of ether oxygens (including phenoxy) is 1. The lowest BCUT2D eigenvalue weighted by Gasteiger charge is -2.06. The number of pyridine rings is 1. The molecule has 0 aliphatic rings.